The number of rotatable bonds is 15. The largest absolute Gasteiger partial charge is 0.494 e. The Balaban J connectivity index is 1.15. The van der Waals surface area contributed by atoms with Gasteiger partial charge in [-0.1, -0.05) is 90.5 Å². The molecule has 0 aliphatic heterocycles. The topological polar surface area (TPSA) is 88.1 Å². The number of carbonyl (C=O) groups is 2. The summed E-state index contributed by atoms with van der Waals surface area (Å²) in [5.41, 5.74) is 5.33. The third kappa shape index (κ3) is 9.22. The van der Waals surface area contributed by atoms with Crippen LogP contribution in [0.1, 0.15) is 33.5 Å². The maximum Gasteiger partial charge on any atom is 0.343 e. The lowest BCUT2D eigenvalue weighted by atomic mass is 10.1. The second-order valence-corrected chi connectivity index (χ2v) is 11.1. The molecule has 0 bridgehead atoms. The highest BCUT2D eigenvalue weighted by Crippen LogP contribution is 2.27. The van der Waals surface area contributed by atoms with Crippen LogP contribution < -0.4 is 19.7 Å². The molecule has 0 fully saturated rings. The van der Waals surface area contributed by atoms with Crippen molar-refractivity contribution in [1.29, 1.82) is 0 Å². The Hall–Kier alpha value is -5.56. The molecule has 1 unspecified atom stereocenters. The first-order valence-corrected chi connectivity index (χ1v) is 15.4. The molecule has 5 aromatic carbocycles. The minimum absolute atomic E-state index is 0.224. The number of benzene rings is 5. The molecule has 0 spiro atoms. The van der Waals surface area contributed by atoms with Crippen LogP contribution >= 0.6 is 0 Å². The van der Waals surface area contributed by atoms with Crippen molar-refractivity contribution in [2.75, 3.05) is 23.4 Å². The highest BCUT2D eigenvalue weighted by molar-refractivity contribution is 5.92. The van der Waals surface area contributed by atoms with Crippen molar-refractivity contribution in [3.8, 4) is 11.5 Å². The monoisotopic (exact) mass is 614 g/mol. The van der Waals surface area contributed by atoms with Gasteiger partial charge in [-0.25, -0.2) is 9.59 Å². The first-order chi connectivity index (χ1) is 22.4. The maximum atomic E-state index is 12.6. The van der Waals surface area contributed by atoms with Gasteiger partial charge in [0.05, 0.1) is 17.9 Å². The summed E-state index contributed by atoms with van der Waals surface area (Å²) >= 11 is 0. The van der Waals surface area contributed by atoms with E-state index in [0.29, 0.717) is 17.9 Å². The minimum atomic E-state index is -1.02. The van der Waals surface area contributed by atoms with Crippen LogP contribution in [-0.4, -0.2) is 36.2 Å². The Morgan fingerprint density at radius 1 is 0.761 bits per heavy atom. The van der Waals surface area contributed by atoms with Gasteiger partial charge in [-0.3, -0.25) is 0 Å². The molecular formula is C39H38N2O5. The number of hydrogen-bond acceptors (Lipinski definition) is 6. The predicted molar refractivity (Wildman–Crippen MR) is 182 cm³/mol. The second-order valence-electron chi connectivity index (χ2n) is 11.1. The molecule has 46 heavy (non-hydrogen) atoms. The highest BCUT2D eigenvalue weighted by Gasteiger charge is 2.21. The fourth-order valence-corrected chi connectivity index (χ4v) is 5.06. The summed E-state index contributed by atoms with van der Waals surface area (Å²) < 4.78 is 11.6. The number of aliphatic carboxylic acids is 1. The van der Waals surface area contributed by atoms with Gasteiger partial charge in [0, 0.05) is 25.2 Å². The Kier molecular flexibility index (Phi) is 11.0. The van der Waals surface area contributed by atoms with E-state index in [1.54, 1.807) is 48.5 Å². The molecule has 0 saturated carbocycles. The summed E-state index contributed by atoms with van der Waals surface area (Å²) in [5, 5.41) is 13.0. The van der Waals surface area contributed by atoms with Gasteiger partial charge < -0.3 is 24.8 Å². The number of carboxylic acids is 1. The fourth-order valence-electron chi connectivity index (χ4n) is 5.06. The molecule has 7 heteroatoms. The summed E-state index contributed by atoms with van der Waals surface area (Å²) in [7, 11) is 0. The first kappa shape index (κ1) is 31.9. The number of aryl methyl sites for hydroxylation is 1. The number of esters is 1. The number of ether oxygens (including phenoxy) is 2. The number of nitrogens with one attached hydrogen (secondary N) is 1. The van der Waals surface area contributed by atoms with Gasteiger partial charge in [0.25, 0.3) is 0 Å². The summed E-state index contributed by atoms with van der Waals surface area (Å²) in [6.45, 7) is 4.30. The summed E-state index contributed by atoms with van der Waals surface area (Å²) in [5.74, 6) is -0.544. The minimum Gasteiger partial charge on any atom is -0.494 e. The van der Waals surface area contributed by atoms with E-state index < -0.39 is 18.0 Å². The van der Waals surface area contributed by atoms with E-state index in [9.17, 15) is 14.7 Å². The number of carbonyl (C=O) groups excluding carboxylic acids is 1. The summed E-state index contributed by atoms with van der Waals surface area (Å²) in [4.78, 5) is 27.2. The Morgan fingerprint density at radius 3 is 2.11 bits per heavy atom. The summed E-state index contributed by atoms with van der Waals surface area (Å²) in [6.07, 6.45) is 1.06. The lowest BCUT2D eigenvalue weighted by Crippen LogP contribution is -2.31. The molecule has 2 N–H and O–H groups in total. The van der Waals surface area contributed by atoms with E-state index in [2.05, 4.69) is 65.7 Å². The molecule has 5 aromatic rings. The van der Waals surface area contributed by atoms with Crippen LogP contribution in [0.5, 0.6) is 11.5 Å². The van der Waals surface area contributed by atoms with Crippen LogP contribution in [0.4, 0.5) is 11.4 Å². The van der Waals surface area contributed by atoms with Crippen molar-refractivity contribution in [1.82, 2.24) is 0 Å². The van der Waals surface area contributed by atoms with Crippen molar-refractivity contribution in [3.05, 3.63) is 156 Å². The fraction of sp³-hybridized carbons (Fsp3) is 0.179. The average molecular weight is 615 g/mol. The Labute approximate surface area is 270 Å². The van der Waals surface area contributed by atoms with Crippen molar-refractivity contribution in [2.45, 2.75) is 32.4 Å². The van der Waals surface area contributed by atoms with Gasteiger partial charge in [0.15, 0.2) is 5.75 Å². The van der Waals surface area contributed by atoms with Crippen LogP contribution in [0.25, 0.3) is 0 Å². The van der Waals surface area contributed by atoms with Crippen LogP contribution in [0.3, 0.4) is 0 Å². The summed E-state index contributed by atoms with van der Waals surface area (Å²) in [6, 6.07) is 41.0. The van der Waals surface area contributed by atoms with Gasteiger partial charge >= 0.3 is 11.9 Å². The zero-order valence-corrected chi connectivity index (χ0v) is 25.8. The SMILES string of the molecule is Cc1ccc(N(CCCOc2ccc(CC(Nc3ccccc3OC(=O)c3ccccc3)C(=O)O)cc2)Cc2ccccc2)cc1. The van der Waals surface area contributed by atoms with Gasteiger partial charge in [-0.2, -0.15) is 0 Å². The van der Waals surface area contributed by atoms with Crippen molar-refractivity contribution < 1.29 is 24.2 Å². The van der Waals surface area contributed by atoms with E-state index in [1.165, 1.54) is 16.8 Å². The second kappa shape index (κ2) is 16.0. The van der Waals surface area contributed by atoms with Gasteiger partial charge in [-0.15, -0.1) is 0 Å². The molecule has 0 aromatic heterocycles. The molecule has 0 heterocycles. The van der Waals surface area contributed by atoms with Crippen LogP contribution in [-0.2, 0) is 17.8 Å². The predicted octanol–water partition coefficient (Wildman–Crippen LogP) is 7.80. The van der Waals surface area contributed by atoms with Crippen molar-refractivity contribution in [2.24, 2.45) is 0 Å². The molecule has 0 saturated heterocycles. The lowest BCUT2D eigenvalue weighted by molar-refractivity contribution is -0.137. The third-order valence-electron chi connectivity index (χ3n) is 7.55. The van der Waals surface area contributed by atoms with Gasteiger partial charge in [0.2, 0.25) is 0 Å². The van der Waals surface area contributed by atoms with E-state index in [1.807, 2.05) is 36.4 Å². The molecule has 5 rings (SSSR count). The molecular weight excluding hydrogens is 576 g/mol. The Morgan fingerprint density at radius 2 is 1.41 bits per heavy atom. The normalized spacial score (nSPS) is 11.3. The molecule has 234 valence electrons. The first-order valence-electron chi connectivity index (χ1n) is 15.4. The van der Waals surface area contributed by atoms with Gasteiger partial charge in [-0.05, 0) is 73.0 Å². The number of hydrogen-bond donors (Lipinski definition) is 2. The van der Waals surface area contributed by atoms with E-state index in [0.717, 1.165) is 30.8 Å². The van der Waals surface area contributed by atoms with Crippen molar-refractivity contribution >= 4 is 23.3 Å². The quantitative estimate of drug-likeness (QED) is 0.0707. The molecule has 0 aliphatic rings. The smallest absolute Gasteiger partial charge is 0.343 e. The standard InChI is InChI=1S/C39H38N2O5/c1-29-17-21-33(22-18-29)41(28-31-11-4-2-5-12-31)25-10-26-45-34-23-19-30(20-24-34)27-36(38(42)43)40-35-15-8-9-16-37(35)46-39(44)32-13-6-3-7-14-32/h2-9,11-24,36,40H,10,25-28H2,1H3,(H,42,43). The van der Waals surface area contributed by atoms with Crippen LogP contribution in [0, 0.1) is 6.92 Å². The maximum absolute atomic E-state index is 12.6. The van der Waals surface area contributed by atoms with E-state index in [-0.39, 0.29) is 12.2 Å². The molecule has 0 radical (unpaired) electrons. The third-order valence-corrected chi connectivity index (χ3v) is 7.55. The zero-order chi connectivity index (χ0) is 32.1. The zero-order valence-electron chi connectivity index (χ0n) is 25.8. The number of para-hydroxylation sites is 2. The average Bonchev–Trinajstić information content (AvgIpc) is 3.08. The number of nitrogens with zero attached hydrogens (tertiary/aromatic N) is 1. The molecule has 0 amide bonds. The highest BCUT2D eigenvalue weighted by atomic mass is 16.5. The molecule has 0 aliphatic carbocycles. The molecule has 1 atom stereocenters. The number of anilines is 2. The van der Waals surface area contributed by atoms with Crippen molar-refractivity contribution in [3.63, 3.8) is 0 Å². The van der Waals surface area contributed by atoms with E-state index in [4.69, 9.17) is 9.47 Å². The van der Waals surface area contributed by atoms with E-state index >= 15 is 0 Å². The lowest BCUT2D eigenvalue weighted by Gasteiger charge is -2.25. The van der Waals surface area contributed by atoms with Gasteiger partial charge in [0.1, 0.15) is 11.8 Å². The Bertz CT molecular complexity index is 1690. The number of carboxylic acid groups (broad SMARTS) is 1. The van der Waals surface area contributed by atoms with Crippen LogP contribution in [0.2, 0.25) is 0 Å². The van der Waals surface area contributed by atoms with Crippen LogP contribution in [0.15, 0.2) is 133 Å². The molecule has 7 nitrogen and oxygen atoms in total.